The molecule has 2 aromatic rings. The first-order chi connectivity index (χ1) is 9.88. The van der Waals surface area contributed by atoms with Crippen LogP contribution in [0, 0.1) is 0 Å². The van der Waals surface area contributed by atoms with Gasteiger partial charge in [0.2, 0.25) is 0 Å². The van der Waals surface area contributed by atoms with Crippen LogP contribution in [0.15, 0.2) is 48.8 Å². The minimum atomic E-state index is 0.725. The minimum absolute atomic E-state index is 0.725. The second-order valence-electron chi connectivity index (χ2n) is 5.24. The van der Waals surface area contributed by atoms with Gasteiger partial charge < -0.3 is 10.2 Å². The number of nitrogens with one attached hydrogen (secondary N) is 1. The van der Waals surface area contributed by atoms with Crippen molar-refractivity contribution < 1.29 is 0 Å². The molecule has 1 aromatic carbocycles. The molecular formula is C17H21N3. The highest BCUT2D eigenvalue weighted by Crippen LogP contribution is 2.28. The van der Waals surface area contributed by atoms with E-state index < -0.39 is 0 Å². The first-order valence-electron chi connectivity index (χ1n) is 7.37. The molecule has 3 rings (SSSR count). The van der Waals surface area contributed by atoms with Crippen molar-refractivity contribution >= 4 is 11.4 Å². The van der Waals surface area contributed by atoms with E-state index in [2.05, 4.69) is 58.5 Å². The summed E-state index contributed by atoms with van der Waals surface area (Å²) in [7, 11) is 0. The topological polar surface area (TPSA) is 28.2 Å². The van der Waals surface area contributed by atoms with Crippen molar-refractivity contribution in [2.45, 2.75) is 32.4 Å². The molecule has 0 amide bonds. The average Bonchev–Trinajstić information content (AvgIpc) is 3.32. The molecule has 1 aliphatic carbocycles. The normalized spacial score (nSPS) is 14.2. The summed E-state index contributed by atoms with van der Waals surface area (Å²) in [5, 5.41) is 3.59. The number of rotatable bonds is 6. The Balaban J connectivity index is 1.86. The fourth-order valence-electron chi connectivity index (χ4n) is 2.45. The highest BCUT2D eigenvalue weighted by molar-refractivity contribution is 5.65. The third kappa shape index (κ3) is 2.99. The molecule has 0 aliphatic heterocycles. The Morgan fingerprint density at radius 2 is 2.00 bits per heavy atom. The maximum atomic E-state index is 4.31. The minimum Gasteiger partial charge on any atom is -0.340 e. The summed E-state index contributed by atoms with van der Waals surface area (Å²) in [6.45, 7) is 4.04. The molecule has 0 saturated heterocycles. The quantitative estimate of drug-likeness (QED) is 0.868. The molecule has 104 valence electrons. The number of hydrogen-bond acceptors (Lipinski definition) is 3. The molecule has 1 aliphatic rings. The van der Waals surface area contributed by atoms with Gasteiger partial charge in [0, 0.05) is 31.0 Å². The van der Waals surface area contributed by atoms with Crippen LogP contribution in [0.1, 0.15) is 25.3 Å². The number of nitrogens with zero attached hydrogens (tertiary/aromatic N) is 2. The first kappa shape index (κ1) is 13.1. The number of aromatic nitrogens is 1. The third-order valence-electron chi connectivity index (χ3n) is 3.72. The van der Waals surface area contributed by atoms with Gasteiger partial charge in [-0.25, -0.2) is 0 Å². The van der Waals surface area contributed by atoms with E-state index in [-0.39, 0.29) is 0 Å². The molecule has 1 aromatic heterocycles. The van der Waals surface area contributed by atoms with Crippen LogP contribution in [0.4, 0.5) is 11.4 Å². The summed E-state index contributed by atoms with van der Waals surface area (Å²) >= 11 is 0. The molecule has 1 saturated carbocycles. The molecular weight excluding hydrogens is 246 g/mol. The van der Waals surface area contributed by atoms with E-state index >= 15 is 0 Å². The van der Waals surface area contributed by atoms with Gasteiger partial charge in [-0.15, -0.1) is 0 Å². The van der Waals surface area contributed by atoms with Gasteiger partial charge in [0.05, 0.1) is 11.9 Å². The maximum Gasteiger partial charge on any atom is 0.0642 e. The fourth-order valence-corrected chi connectivity index (χ4v) is 2.45. The Morgan fingerprint density at radius 3 is 2.70 bits per heavy atom. The van der Waals surface area contributed by atoms with Crippen LogP contribution < -0.4 is 10.2 Å². The summed E-state index contributed by atoms with van der Waals surface area (Å²) in [5.74, 6) is 0. The van der Waals surface area contributed by atoms with Gasteiger partial charge in [0.15, 0.2) is 0 Å². The number of anilines is 2. The lowest BCUT2D eigenvalue weighted by atomic mass is 10.1. The molecule has 0 bridgehead atoms. The van der Waals surface area contributed by atoms with Gasteiger partial charge >= 0.3 is 0 Å². The van der Waals surface area contributed by atoms with E-state index in [9.17, 15) is 0 Å². The van der Waals surface area contributed by atoms with Gasteiger partial charge in [-0.05, 0) is 43.5 Å². The van der Waals surface area contributed by atoms with E-state index in [1.807, 2.05) is 12.4 Å². The molecule has 1 heterocycles. The van der Waals surface area contributed by atoms with Crippen LogP contribution in [0.2, 0.25) is 0 Å². The zero-order valence-electron chi connectivity index (χ0n) is 11.9. The molecule has 20 heavy (non-hydrogen) atoms. The summed E-state index contributed by atoms with van der Waals surface area (Å²) in [6, 6.07) is 13.4. The monoisotopic (exact) mass is 267 g/mol. The summed E-state index contributed by atoms with van der Waals surface area (Å²) in [4.78, 5) is 6.63. The molecule has 0 atom stereocenters. The second kappa shape index (κ2) is 6.06. The van der Waals surface area contributed by atoms with Crippen molar-refractivity contribution in [3.8, 4) is 0 Å². The van der Waals surface area contributed by atoms with Gasteiger partial charge in [-0.1, -0.05) is 18.2 Å². The van der Waals surface area contributed by atoms with E-state index in [4.69, 9.17) is 0 Å². The van der Waals surface area contributed by atoms with Crippen molar-refractivity contribution in [3.63, 3.8) is 0 Å². The van der Waals surface area contributed by atoms with Crippen LogP contribution in [-0.2, 0) is 6.54 Å². The SMILES string of the molecule is CCN(c1ccccc1)c1cnccc1CNC1CC1. The van der Waals surface area contributed by atoms with Gasteiger partial charge in [0.1, 0.15) is 0 Å². The summed E-state index contributed by atoms with van der Waals surface area (Å²) in [6.07, 6.45) is 6.49. The fraction of sp³-hybridized carbons (Fsp3) is 0.353. The summed E-state index contributed by atoms with van der Waals surface area (Å²) in [5.41, 5.74) is 3.74. The van der Waals surface area contributed by atoms with Crippen molar-refractivity contribution in [3.05, 3.63) is 54.4 Å². The standard InChI is InChI=1S/C17H21N3/c1-2-20(16-6-4-3-5-7-16)17-13-18-11-10-14(17)12-19-15-8-9-15/h3-7,10-11,13,15,19H,2,8-9,12H2,1H3. The maximum absolute atomic E-state index is 4.31. The predicted octanol–water partition coefficient (Wildman–Crippen LogP) is 3.49. The Bertz CT molecular complexity index is 549. The van der Waals surface area contributed by atoms with E-state index in [0.717, 1.165) is 19.1 Å². The smallest absolute Gasteiger partial charge is 0.0642 e. The van der Waals surface area contributed by atoms with Crippen molar-refractivity contribution in [2.75, 3.05) is 11.4 Å². The zero-order chi connectivity index (χ0) is 13.8. The molecule has 0 radical (unpaired) electrons. The Labute approximate surface area is 120 Å². The van der Waals surface area contributed by atoms with Crippen LogP contribution >= 0.6 is 0 Å². The Morgan fingerprint density at radius 1 is 1.20 bits per heavy atom. The first-order valence-corrected chi connectivity index (χ1v) is 7.37. The Hall–Kier alpha value is -1.87. The summed E-state index contributed by atoms with van der Waals surface area (Å²) < 4.78 is 0. The van der Waals surface area contributed by atoms with Crippen molar-refractivity contribution in [1.29, 1.82) is 0 Å². The molecule has 1 N–H and O–H groups in total. The Kier molecular flexibility index (Phi) is 3.97. The van der Waals surface area contributed by atoms with E-state index in [1.54, 1.807) is 0 Å². The van der Waals surface area contributed by atoms with Crippen LogP contribution in [0.25, 0.3) is 0 Å². The van der Waals surface area contributed by atoms with E-state index in [0.29, 0.717) is 0 Å². The highest BCUT2D eigenvalue weighted by atomic mass is 15.1. The lowest BCUT2D eigenvalue weighted by molar-refractivity contribution is 0.686. The number of hydrogen-bond donors (Lipinski definition) is 1. The largest absolute Gasteiger partial charge is 0.340 e. The van der Waals surface area contributed by atoms with Crippen molar-refractivity contribution in [1.82, 2.24) is 10.3 Å². The molecule has 1 fully saturated rings. The second-order valence-corrected chi connectivity index (χ2v) is 5.24. The number of pyridine rings is 1. The lowest BCUT2D eigenvalue weighted by Gasteiger charge is -2.25. The van der Waals surface area contributed by atoms with Gasteiger partial charge in [-0.3, -0.25) is 4.98 Å². The lowest BCUT2D eigenvalue weighted by Crippen LogP contribution is -2.21. The molecule has 0 spiro atoms. The van der Waals surface area contributed by atoms with Gasteiger partial charge in [0.25, 0.3) is 0 Å². The van der Waals surface area contributed by atoms with Crippen LogP contribution in [0.5, 0.6) is 0 Å². The highest BCUT2D eigenvalue weighted by Gasteiger charge is 2.21. The predicted molar refractivity (Wildman–Crippen MR) is 83.2 cm³/mol. The average molecular weight is 267 g/mol. The van der Waals surface area contributed by atoms with Crippen LogP contribution in [0.3, 0.4) is 0 Å². The van der Waals surface area contributed by atoms with Crippen LogP contribution in [-0.4, -0.2) is 17.6 Å². The van der Waals surface area contributed by atoms with Gasteiger partial charge in [-0.2, -0.15) is 0 Å². The third-order valence-corrected chi connectivity index (χ3v) is 3.72. The van der Waals surface area contributed by atoms with E-state index in [1.165, 1.54) is 29.8 Å². The molecule has 3 nitrogen and oxygen atoms in total. The molecule has 3 heteroatoms. The molecule has 0 unspecified atom stereocenters. The zero-order valence-corrected chi connectivity index (χ0v) is 11.9. The number of benzene rings is 1. The number of para-hydroxylation sites is 1. The van der Waals surface area contributed by atoms with Crippen molar-refractivity contribution in [2.24, 2.45) is 0 Å².